The highest BCUT2D eigenvalue weighted by Gasteiger charge is 2.21. The molecule has 0 spiro atoms. The highest BCUT2D eigenvalue weighted by atomic mass is 35.5. The molecule has 0 unspecified atom stereocenters. The molecule has 0 amide bonds. The van der Waals surface area contributed by atoms with Crippen molar-refractivity contribution in [3.8, 4) is 5.75 Å². The van der Waals surface area contributed by atoms with Gasteiger partial charge in [0, 0.05) is 38.8 Å². The summed E-state index contributed by atoms with van der Waals surface area (Å²) in [5.41, 5.74) is 1.24. The number of phenolic OH excluding ortho intramolecular Hbond substituents is 1. The van der Waals surface area contributed by atoms with Gasteiger partial charge in [-0.3, -0.25) is 4.90 Å². The summed E-state index contributed by atoms with van der Waals surface area (Å²) >= 11 is 0. The Labute approximate surface area is 137 Å². The molecule has 1 heterocycles. The average molecular weight is 323 g/mol. The Morgan fingerprint density at radius 1 is 1.05 bits per heavy atom. The third-order valence-corrected chi connectivity index (χ3v) is 4.23. The van der Waals surface area contributed by atoms with Crippen LogP contribution in [0.1, 0.15) is 18.0 Å². The first-order chi connectivity index (χ1) is 10.3. The number of aliphatic hydroxyl groups is 1. The number of nitrogens with zero attached hydrogens (tertiary/aromatic N) is 1. The zero-order chi connectivity index (χ0) is 14.7. The van der Waals surface area contributed by atoms with E-state index in [9.17, 15) is 10.2 Å². The molecule has 0 saturated carbocycles. The predicted octanol–water partition coefficient (Wildman–Crippen LogP) is 2.30. The molecule has 4 nitrogen and oxygen atoms in total. The summed E-state index contributed by atoms with van der Waals surface area (Å²) in [7, 11) is 0. The van der Waals surface area contributed by atoms with Gasteiger partial charge >= 0.3 is 0 Å². The fourth-order valence-electron chi connectivity index (χ4n) is 3.14. The zero-order valence-electron chi connectivity index (χ0n) is 12.5. The Morgan fingerprint density at radius 3 is 2.45 bits per heavy atom. The lowest BCUT2D eigenvalue weighted by Gasteiger charge is -2.35. The molecule has 3 rings (SSSR count). The maximum absolute atomic E-state index is 9.55. The Balaban J connectivity index is 0.00000176. The number of hydrogen-bond donors (Lipinski definition) is 3. The minimum Gasteiger partial charge on any atom is -0.508 e. The monoisotopic (exact) mass is 322 g/mol. The van der Waals surface area contributed by atoms with E-state index >= 15 is 0 Å². The van der Waals surface area contributed by atoms with E-state index in [1.807, 2.05) is 6.07 Å². The van der Waals surface area contributed by atoms with Crippen LogP contribution in [0.2, 0.25) is 0 Å². The van der Waals surface area contributed by atoms with Gasteiger partial charge in [0.05, 0.1) is 0 Å². The van der Waals surface area contributed by atoms with Crippen molar-refractivity contribution in [2.75, 3.05) is 32.8 Å². The van der Waals surface area contributed by atoms with Crippen molar-refractivity contribution < 1.29 is 10.2 Å². The van der Waals surface area contributed by atoms with Gasteiger partial charge in [-0.2, -0.15) is 0 Å². The first kappa shape index (κ1) is 17.0. The van der Waals surface area contributed by atoms with Gasteiger partial charge in [-0.05, 0) is 41.0 Å². The van der Waals surface area contributed by atoms with Crippen molar-refractivity contribution in [2.24, 2.45) is 0 Å². The van der Waals surface area contributed by atoms with Crippen molar-refractivity contribution >= 4 is 23.2 Å². The number of aromatic hydroxyl groups is 1. The number of fused-ring (bicyclic) bond motifs is 1. The van der Waals surface area contributed by atoms with Crippen LogP contribution in [0.4, 0.5) is 0 Å². The summed E-state index contributed by atoms with van der Waals surface area (Å²) < 4.78 is 0. The third kappa shape index (κ3) is 3.70. The maximum Gasteiger partial charge on any atom is 0.116 e. The molecule has 0 bridgehead atoms. The first-order valence-electron chi connectivity index (χ1n) is 7.56. The van der Waals surface area contributed by atoms with Gasteiger partial charge in [0.1, 0.15) is 5.75 Å². The van der Waals surface area contributed by atoms with Crippen LogP contribution in [0.15, 0.2) is 36.4 Å². The Hall–Kier alpha value is -1.33. The van der Waals surface area contributed by atoms with E-state index in [0.717, 1.165) is 43.4 Å². The largest absolute Gasteiger partial charge is 0.508 e. The summed E-state index contributed by atoms with van der Waals surface area (Å²) in [6, 6.07) is 12.1. The van der Waals surface area contributed by atoms with Crippen LogP contribution in [0.3, 0.4) is 0 Å². The molecule has 1 fully saturated rings. The molecule has 1 aliphatic heterocycles. The molecule has 0 radical (unpaired) electrons. The third-order valence-electron chi connectivity index (χ3n) is 4.23. The van der Waals surface area contributed by atoms with Crippen LogP contribution in [0, 0.1) is 0 Å². The minimum absolute atomic E-state index is 0. The van der Waals surface area contributed by atoms with E-state index in [1.54, 1.807) is 12.1 Å². The van der Waals surface area contributed by atoms with Crippen LogP contribution in [-0.4, -0.2) is 47.9 Å². The van der Waals surface area contributed by atoms with Gasteiger partial charge in [-0.15, -0.1) is 12.4 Å². The lowest BCUT2D eigenvalue weighted by molar-refractivity contribution is 0.141. The number of halogens is 1. The first-order valence-corrected chi connectivity index (χ1v) is 7.56. The molecule has 2 aromatic carbocycles. The molecular formula is C17H23ClN2O2. The van der Waals surface area contributed by atoms with Gasteiger partial charge in [0.25, 0.3) is 0 Å². The molecule has 5 heteroatoms. The van der Waals surface area contributed by atoms with E-state index in [2.05, 4.69) is 28.4 Å². The summed E-state index contributed by atoms with van der Waals surface area (Å²) in [6.45, 7) is 4.23. The Morgan fingerprint density at radius 2 is 1.73 bits per heavy atom. The molecular weight excluding hydrogens is 300 g/mol. The predicted molar refractivity (Wildman–Crippen MR) is 91.7 cm³/mol. The van der Waals surface area contributed by atoms with Gasteiger partial charge < -0.3 is 15.5 Å². The van der Waals surface area contributed by atoms with Crippen molar-refractivity contribution in [3.63, 3.8) is 0 Å². The molecule has 0 aliphatic carbocycles. The minimum atomic E-state index is 0. The fourth-order valence-corrected chi connectivity index (χ4v) is 3.14. The van der Waals surface area contributed by atoms with E-state index in [4.69, 9.17) is 0 Å². The maximum atomic E-state index is 9.55. The number of benzene rings is 2. The standard InChI is InChI=1S/C17H22N2O2.ClH/c20-10-5-17(19-8-6-18-7-9-19)15-2-1-14-12-16(21)4-3-13(14)11-15;/h1-4,11-12,17-18,20-21H,5-10H2;1H/t17-;/m0./s1. The SMILES string of the molecule is Cl.OCC[C@@H](c1ccc2cc(O)ccc2c1)N1CCNCC1. The van der Waals surface area contributed by atoms with Crippen molar-refractivity contribution in [3.05, 3.63) is 42.0 Å². The zero-order valence-corrected chi connectivity index (χ0v) is 13.4. The van der Waals surface area contributed by atoms with Crippen LogP contribution >= 0.6 is 12.4 Å². The highest BCUT2D eigenvalue weighted by Crippen LogP contribution is 2.28. The Bertz CT molecular complexity index is 615. The lowest BCUT2D eigenvalue weighted by Crippen LogP contribution is -2.45. The van der Waals surface area contributed by atoms with E-state index < -0.39 is 0 Å². The lowest BCUT2D eigenvalue weighted by atomic mass is 9.98. The smallest absolute Gasteiger partial charge is 0.116 e. The van der Waals surface area contributed by atoms with E-state index in [1.165, 1.54) is 5.56 Å². The number of aliphatic hydroxyl groups excluding tert-OH is 1. The number of piperazine rings is 1. The molecule has 22 heavy (non-hydrogen) atoms. The quantitative estimate of drug-likeness (QED) is 0.808. The summed E-state index contributed by atoms with van der Waals surface area (Å²) in [6.07, 6.45) is 0.754. The molecule has 1 aliphatic rings. The van der Waals surface area contributed by atoms with Gasteiger partial charge in [-0.1, -0.05) is 18.2 Å². The van der Waals surface area contributed by atoms with Crippen molar-refractivity contribution in [1.29, 1.82) is 0 Å². The number of nitrogens with one attached hydrogen (secondary N) is 1. The molecule has 2 aromatic rings. The highest BCUT2D eigenvalue weighted by molar-refractivity contribution is 5.85. The molecule has 3 N–H and O–H groups in total. The van der Waals surface area contributed by atoms with Crippen LogP contribution in [0.25, 0.3) is 10.8 Å². The van der Waals surface area contributed by atoms with Crippen LogP contribution in [0.5, 0.6) is 5.75 Å². The second-order valence-electron chi connectivity index (χ2n) is 5.60. The second kappa shape index (κ2) is 7.79. The number of phenols is 1. The summed E-state index contributed by atoms with van der Waals surface area (Å²) in [5.74, 6) is 0.296. The van der Waals surface area contributed by atoms with Gasteiger partial charge in [-0.25, -0.2) is 0 Å². The molecule has 1 atom stereocenters. The van der Waals surface area contributed by atoms with Gasteiger partial charge in [0.2, 0.25) is 0 Å². The second-order valence-corrected chi connectivity index (χ2v) is 5.60. The van der Waals surface area contributed by atoms with Gasteiger partial charge in [0.15, 0.2) is 0 Å². The van der Waals surface area contributed by atoms with Crippen molar-refractivity contribution in [1.82, 2.24) is 10.2 Å². The van der Waals surface area contributed by atoms with E-state index in [-0.39, 0.29) is 25.1 Å². The van der Waals surface area contributed by atoms with Crippen LogP contribution < -0.4 is 5.32 Å². The van der Waals surface area contributed by atoms with E-state index in [0.29, 0.717) is 5.75 Å². The average Bonchev–Trinajstić information content (AvgIpc) is 2.53. The summed E-state index contributed by atoms with van der Waals surface area (Å²) in [5, 5.41) is 24.5. The topological polar surface area (TPSA) is 55.7 Å². The molecule has 120 valence electrons. The fraction of sp³-hybridized carbons (Fsp3) is 0.412. The van der Waals surface area contributed by atoms with Crippen LogP contribution in [-0.2, 0) is 0 Å². The molecule has 0 aromatic heterocycles. The number of rotatable bonds is 4. The number of hydrogen-bond acceptors (Lipinski definition) is 4. The van der Waals surface area contributed by atoms with Crippen molar-refractivity contribution in [2.45, 2.75) is 12.5 Å². The Kier molecular flexibility index (Phi) is 6.03. The normalized spacial score (nSPS) is 17.1. The summed E-state index contributed by atoms with van der Waals surface area (Å²) in [4.78, 5) is 2.44. The molecule has 1 saturated heterocycles.